The lowest BCUT2D eigenvalue weighted by molar-refractivity contribution is 0.0934. The third-order valence-electron chi connectivity index (χ3n) is 6.25. The number of aromatic nitrogens is 2. The number of carbonyl (C=O) groups excluding carboxylic acids is 1. The van der Waals surface area contributed by atoms with Crippen molar-refractivity contribution in [2.75, 3.05) is 24.6 Å². The van der Waals surface area contributed by atoms with Crippen LogP contribution in [0.4, 0.5) is 14.7 Å². The van der Waals surface area contributed by atoms with E-state index in [1.54, 1.807) is 26.2 Å². The van der Waals surface area contributed by atoms with Crippen molar-refractivity contribution in [2.45, 2.75) is 52.5 Å². The van der Waals surface area contributed by atoms with Gasteiger partial charge in [-0.05, 0) is 64.5 Å². The molecule has 1 fully saturated rings. The summed E-state index contributed by atoms with van der Waals surface area (Å²) in [5.74, 6) is 0.347. The Balaban J connectivity index is 1.20. The van der Waals surface area contributed by atoms with E-state index in [9.17, 15) is 13.6 Å². The van der Waals surface area contributed by atoms with Gasteiger partial charge in [-0.1, -0.05) is 0 Å². The topological polar surface area (TPSA) is 80.5 Å². The molecule has 1 amide bonds. The van der Waals surface area contributed by atoms with Crippen molar-refractivity contribution >= 4 is 11.9 Å². The highest BCUT2D eigenvalue weighted by atomic mass is 19.1. The van der Waals surface area contributed by atoms with Gasteiger partial charge in [0, 0.05) is 43.7 Å². The molecule has 1 saturated heterocycles. The molecule has 0 spiro atoms. The Hall–Kier alpha value is -3.49. The van der Waals surface area contributed by atoms with Gasteiger partial charge in [0.05, 0.1) is 12.2 Å². The van der Waals surface area contributed by atoms with Crippen molar-refractivity contribution in [3.05, 3.63) is 59.6 Å². The third-order valence-corrected chi connectivity index (χ3v) is 6.25. The van der Waals surface area contributed by atoms with E-state index in [0.717, 1.165) is 73.9 Å². The Morgan fingerprint density at radius 2 is 1.83 bits per heavy atom. The van der Waals surface area contributed by atoms with E-state index >= 15 is 0 Å². The predicted molar refractivity (Wildman–Crippen MR) is 133 cm³/mol. The van der Waals surface area contributed by atoms with Crippen LogP contribution in [-0.2, 0) is 0 Å². The van der Waals surface area contributed by atoms with E-state index in [2.05, 4.69) is 20.2 Å². The Morgan fingerprint density at radius 3 is 2.42 bits per heavy atom. The number of aryl methyl sites for hydroxylation is 1. The number of rotatable bonds is 9. The van der Waals surface area contributed by atoms with Crippen LogP contribution in [-0.4, -0.2) is 41.6 Å². The lowest BCUT2D eigenvalue weighted by Crippen LogP contribution is -2.34. The second kappa shape index (κ2) is 11.5. The number of carbonyl (C=O) groups is 1. The molecule has 0 saturated carbocycles. The van der Waals surface area contributed by atoms with Gasteiger partial charge in [0.25, 0.3) is 5.91 Å². The molecule has 2 aromatic heterocycles. The summed E-state index contributed by atoms with van der Waals surface area (Å²) in [6.45, 7) is 7.46. The highest BCUT2D eigenvalue weighted by Crippen LogP contribution is 2.27. The number of nitrogens with one attached hydrogen (secondary N) is 1. The predicted octanol–water partition coefficient (Wildman–Crippen LogP) is 5.54. The summed E-state index contributed by atoms with van der Waals surface area (Å²) in [7, 11) is 0. The summed E-state index contributed by atoms with van der Waals surface area (Å²) >= 11 is 0. The van der Waals surface area contributed by atoms with Crippen LogP contribution >= 0.6 is 0 Å². The molecule has 0 bridgehead atoms. The molecule has 1 aliphatic rings. The van der Waals surface area contributed by atoms with Gasteiger partial charge in [0.2, 0.25) is 5.95 Å². The molecule has 1 aromatic carbocycles. The molecular formula is C27H32F2N4O3. The van der Waals surface area contributed by atoms with E-state index in [0.29, 0.717) is 12.5 Å². The maximum absolute atomic E-state index is 14.3. The van der Waals surface area contributed by atoms with E-state index in [4.69, 9.17) is 9.15 Å². The maximum Gasteiger partial charge on any atom is 0.257 e. The van der Waals surface area contributed by atoms with Crippen LogP contribution in [0.3, 0.4) is 0 Å². The van der Waals surface area contributed by atoms with Gasteiger partial charge in [-0.3, -0.25) is 4.79 Å². The highest BCUT2D eigenvalue weighted by Gasteiger charge is 2.22. The Bertz CT molecular complexity index is 1150. The van der Waals surface area contributed by atoms with Gasteiger partial charge in [-0.25, -0.2) is 18.7 Å². The molecular weight excluding hydrogens is 466 g/mol. The zero-order chi connectivity index (χ0) is 25.7. The largest absolute Gasteiger partial charge is 0.493 e. The van der Waals surface area contributed by atoms with Crippen molar-refractivity contribution in [3.8, 4) is 17.1 Å². The number of anilines is 1. The lowest BCUT2D eigenvalue weighted by Gasteiger charge is -2.32. The number of nitrogens with zero attached hydrogens (tertiary/aromatic N) is 3. The van der Waals surface area contributed by atoms with Gasteiger partial charge in [0.1, 0.15) is 34.5 Å². The van der Waals surface area contributed by atoms with Gasteiger partial charge < -0.3 is 19.4 Å². The minimum atomic E-state index is -0.926. The summed E-state index contributed by atoms with van der Waals surface area (Å²) < 4.78 is 39.8. The molecule has 9 heteroatoms. The van der Waals surface area contributed by atoms with Crippen LogP contribution in [0.5, 0.6) is 5.75 Å². The first-order chi connectivity index (χ1) is 17.3. The number of halogens is 2. The lowest BCUT2D eigenvalue weighted by atomic mass is 9.92. The van der Waals surface area contributed by atoms with Gasteiger partial charge >= 0.3 is 0 Å². The Labute approximate surface area is 209 Å². The van der Waals surface area contributed by atoms with Crippen LogP contribution in [0.15, 0.2) is 41.1 Å². The number of furan rings is 1. The van der Waals surface area contributed by atoms with E-state index in [1.165, 1.54) is 0 Å². The Kier molecular flexibility index (Phi) is 8.18. The number of benzene rings is 1. The normalized spacial score (nSPS) is 14.3. The molecule has 192 valence electrons. The smallest absolute Gasteiger partial charge is 0.257 e. The molecule has 0 radical (unpaired) electrons. The average Bonchev–Trinajstić information content (AvgIpc) is 3.28. The second-order valence-corrected chi connectivity index (χ2v) is 9.49. The molecule has 4 rings (SSSR count). The van der Waals surface area contributed by atoms with Crippen LogP contribution in [0.2, 0.25) is 0 Å². The zero-order valence-corrected chi connectivity index (χ0v) is 20.9. The summed E-state index contributed by atoms with van der Waals surface area (Å²) in [6.07, 6.45) is 7.36. The average molecular weight is 499 g/mol. The van der Waals surface area contributed by atoms with E-state index in [-0.39, 0.29) is 11.8 Å². The SMILES string of the molecule is Cc1ccc(-c2cnc(N3CCC(CCCOc4cc(F)c(C(=O)NC(C)C)c(F)c4)CC3)nc2)o1. The van der Waals surface area contributed by atoms with Crippen molar-refractivity contribution < 1.29 is 22.7 Å². The fourth-order valence-electron chi connectivity index (χ4n) is 4.37. The van der Waals surface area contributed by atoms with E-state index in [1.807, 2.05) is 19.1 Å². The maximum atomic E-state index is 14.3. The number of ether oxygens (including phenoxy) is 1. The number of amides is 1. The van der Waals surface area contributed by atoms with Gasteiger partial charge in [-0.2, -0.15) is 0 Å². The number of piperidine rings is 1. The molecule has 7 nitrogen and oxygen atoms in total. The quantitative estimate of drug-likeness (QED) is 0.391. The molecule has 1 N–H and O–H groups in total. The van der Waals surface area contributed by atoms with Gasteiger partial charge in [-0.15, -0.1) is 0 Å². The van der Waals surface area contributed by atoms with Crippen LogP contribution in [0.1, 0.15) is 55.6 Å². The van der Waals surface area contributed by atoms with Crippen LogP contribution in [0.25, 0.3) is 11.3 Å². The molecule has 3 heterocycles. The first kappa shape index (κ1) is 25.6. The summed E-state index contributed by atoms with van der Waals surface area (Å²) in [6, 6.07) is 5.74. The molecule has 1 aliphatic heterocycles. The molecule has 36 heavy (non-hydrogen) atoms. The van der Waals surface area contributed by atoms with Crippen molar-refractivity contribution in [2.24, 2.45) is 5.92 Å². The zero-order valence-electron chi connectivity index (χ0n) is 20.9. The number of hydrogen-bond acceptors (Lipinski definition) is 6. The summed E-state index contributed by atoms with van der Waals surface area (Å²) in [5, 5.41) is 2.50. The monoisotopic (exact) mass is 498 g/mol. The van der Waals surface area contributed by atoms with Crippen LogP contribution < -0.4 is 15.0 Å². The van der Waals surface area contributed by atoms with E-state index < -0.39 is 23.1 Å². The first-order valence-corrected chi connectivity index (χ1v) is 12.4. The van der Waals surface area contributed by atoms with Crippen molar-refractivity contribution in [1.29, 1.82) is 0 Å². The molecule has 0 atom stereocenters. The first-order valence-electron chi connectivity index (χ1n) is 12.4. The summed E-state index contributed by atoms with van der Waals surface area (Å²) in [5.41, 5.74) is 0.271. The van der Waals surface area contributed by atoms with Crippen LogP contribution in [0, 0.1) is 24.5 Å². The molecule has 0 unspecified atom stereocenters. The van der Waals surface area contributed by atoms with Crippen molar-refractivity contribution in [1.82, 2.24) is 15.3 Å². The molecule has 3 aromatic rings. The summed E-state index contributed by atoms with van der Waals surface area (Å²) in [4.78, 5) is 23.2. The van der Waals surface area contributed by atoms with Gasteiger partial charge in [0.15, 0.2) is 0 Å². The number of hydrogen-bond donors (Lipinski definition) is 1. The fraction of sp³-hybridized carbons (Fsp3) is 0.444. The second-order valence-electron chi connectivity index (χ2n) is 9.49. The minimum Gasteiger partial charge on any atom is -0.493 e. The Morgan fingerprint density at radius 1 is 1.17 bits per heavy atom. The van der Waals surface area contributed by atoms with Crippen molar-refractivity contribution in [3.63, 3.8) is 0 Å². The highest BCUT2D eigenvalue weighted by molar-refractivity contribution is 5.95. The molecule has 0 aliphatic carbocycles. The standard InChI is InChI=1S/C27H32F2N4O3/c1-17(2)32-26(34)25-22(28)13-21(14-23(25)29)35-12-4-5-19-8-10-33(11-9-19)27-30-15-20(16-31-27)24-7-6-18(3)36-24/h6-7,13-17,19H,4-5,8-12H2,1-3H3,(H,32,34). The fourth-order valence-corrected chi connectivity index (χ4v) is 4.37. The minimum absolute atomic E-state index is 0.0891. The third kappa shape index (κ3) is 6.38.